The van der Waals surface area contributed by atoms with Gasteiger partial charge in [-0.1, -0.05) is 9.71 Å². The summed E-state index contributed by atoms with van der Waals surface area (Å²) in [6, 6.07) is 1.11. The molecule has 0 spiro atoms. The Morgan fingerprint density at radius 3 is 1.35 bits per heavy atom. The van der Waals surface area contributed by atoms with Crippen molar-refractivity contribution in [2.75, 3.05) is 0 Å². The van der Waals surface area contributed by atoms with Crippen LogP contribution in [0.2, 0.25) is 0 Å². The average molecular weight is 279 g/mol. The lowest BCUT2D eigenvalue weighted by molar-refractivity contribution is 0.284. The molecule has 98 valence electrons. The molecule has 0 aromatic carbocycles. The number of rotatable bonds is 2. The molecule has 2 aliphatic carbocycles. The number of alkyl halides is 2. The van der Waals surface area contributed by atoms with E-state index in [0.29, 0.717) is 22.8 Å². The second-order valence-corrected chi connectivity index (χ2v) is 6.73. The van der Waals surface area contributed by atoms with Crippen LogP contribution >= 0.6 is 23.2 Å². The van der Waals surface area contributed by atoms with Gasteiger partial charge in [-0.05, 0) is 51.4 Å². The fourth-order valence-electron chi connectivity index (χ4n) is 3.04. The number of hydrogen-bond donors (Lipinski definition) is 0. The third kappa shape index (κ3) is 2.70. The van der Waals surface area contributed by atoms with Crippen LogP contribution in [0.15, 0.2) is 4.63 Å². The van der Waals surface area contributed by atoms with Crippen molar-refractivity contribution in [1.29, 1.82) is 0 Å². The quantitative estimate of drug-likeness (QED) is 0.739. The summed E-state index contributed by atoms with van der Waals surface area (Å²) >= 11 is 12.2. The second-order valence-electron chi connectivity index (χ2n) is 5.50. The molecule has 2 fully saturated rings. The topological polar surface area (TPSA) is 23.0 Å². The van der Waals surface area contributed by atoms with Gasteiger partial charge in [-0.25, -0.2) is 0 Å². The molecule has 0 N–H and O–H groups in total. The molecule has 0 unspecified atom stereocenters. The van der Waals surface area contributed by atoms with Crippen LogP contribution in [0.1, 0.15) is 63.5 Å². The molecule has 17 heavy (non-hydrogen) atoms. The fourth-order valence-corrected chi connectivity index (χ4v) is 3.54. The third-order valence-electron chi connectivity index (χ3n) is 4.21. The van der Waals surface area contributed by atoms with E-state index in [1.807, 2.05) is 0 Å². The summed E-state index contributed by atoms with van der Waals surface area (Å²) in [6.45, 7) is 0. The van der Waals surface area contributed by atoms with Crippen LogP contribution in [-0.4, -0.2) is 20.5 Å². The smallest absolute Gasteiger partial charge is 0.0902 e. The predicted molar refractivity (Wildman–Crippen MR) is 69.0 cm³/mol. The Balaban J connectivity index is 1.54. The van der Waals surface area contributed by atoms with Gasteiger partial charge >= 0.3 is 0 Å². The Bertz CT molecular complexity index is 310. The van der Waals surface area contributed by atoms with Gasteiger partial charge in [-0.2, -0.15) is 0 Å². The van der Waals surface area contributed by atoms with Gasteiger partial charge in [0.1, 0.15) is 0 Å². The van der Waals surface area contributed by atoms with Crippen molar-refractivity contribution in [3.63, 3.8) is 0 Å². The summed E-state index contributed by atoms with van der Waals surface area (Å²) in [7, 11) is 0. The number of nitrogens with zero attached hydrogens (tertiary/aromatic N) is 2. The highest BCUT2D eigenvalue weighted by atomic mass is 35.5. The summed E-state index contributed by atoms with van der Waals surface area (Å²) in [4.78, 5) is 4.17. The van der Waals surface area contributed by atoms with Crippen LogP contribution in [0.3, 0.4) is 0 Å². The summed E-state index contributed by atoms with van der Waals surface area (Å²) in [5, 5.41) is 0.762. The van der Waals surface area contributed by atoms with Crippen LogP contribution in [-0.2, 0) is 0 Å². The standard InChI is InChI=1S/C12H20Cl2N2O/c13-9-1-5-11(6-2-9)15-16(17-15)12-7-3-10(14)4-8-12/h9-12H,1-8H2. The Hall–Kier alpha value is -0.0200. The molecule has 0 atom stereocenters. The van der Waals surface area contributed by atoms with E-state index >= 15 is 0 Å². The van der Waals surface area contributed by atoms with Crippen molar-refractivity contribution in [2.45, 2.75) is 74.2 Å². The maximum Gasteiger partial charge on any atom is 0.0902 e. The first kappa shape index (κ1) is 12.0. The Morgan fingerprint density at radius 1 is 0.647 bits per heavy atom. The number of aromatic nitrogens is 2. The lowest BCUT2D eigenvalue weighted by Crippen LogP contribution is -2.20. The minimum Gasteiger partial charge on any atom is -0.254 e. The van der Waals surface area contributed by atoms with Crippen molar-refractivity contribution in [1.82, 2.24) is 9.71 Å². The lowest BCUT2D eigenvalue weighted by Gasteiger charge is -2.23. The highest BCUT2D eigenvalue weighted by molar-refractivity contribution is 6.20. The zero-order valence-corrected chi connectivity index (χ0v) is 11.5. The van der Waals surface area contributed by atoms with Crippen molar-refractivity contribution >= 4 is 23.2 Å². The van der Waals surface area contributed by atoms with Gasteiger partial charge in [-0.3, -0.25) is 4.63 Å². The largest absolute Gasteiger partial charge is 0.254 e. The number of hydrogen-bond acceptors (Lipinski definition) is 1. The van der Waals surface area contributed by atoms with Gasteiger partial charge in [0.25, 0.3) is 0 Å². The highest BCUT2D eigenvalue weighted by Crippen LogP contribution is 2.37. The normalized spacial score (nSPS) is 39.6. The molecule has 1 heterocycles. The minimum absolute atomic E-state index is 0.381. The van der Waals surface area contributed by atoms with E-state index < -0.39 is 0 Å². The summed E-state index contributed by atoms with van der Waals surface area (Å²) in [5.74, 6) is 0. The van der Waals surface area contributed by atoms with Crippen molar-refractivity contribution in [3.05, 3.63) is 0 Å². The van der Waals surface area contributed by atoms with Crippen molar-refractivity contribution < 1.29 is 4.63 Å². The first-order valence-electron chi connectivity index (χ1n) is 6.78. The Labute approximate surface area is 112 Å². The van der Waals surface area contributed by atoms with Crippen LogP contribution in [0, 0.1) is 0 Å². The molecule has 5 heteroatoms. The first-order chi connectivity index (χ1) is 8.24. The predicted octanol–water partition coefficient (Wildman–Crippen LogP) is 4.33. The van der Waals surface area contributed by atoms with Crippen LogP contribution in [0.4, 0.5) is 0 Å². The van der Waals surface area contributed by atoms with E-state index in [-0.39, 0.29) is 0 Å². The van der Waals surface area contributed by atoms with Gasteiger partial charge in [0.2, 0.25) is 0 Å². The van der Waals surface area contributed by atoms with Crippen LogP contribution in [0.25, 0.3) is 0 Å². The molecule has 0 amide bonds. The Morgan fingerprint density at radius 2 is 1.00 bits per heavy atom. The van der Waals surface area contributed by atoms with Gasteiger partial charge in [-0.15, -0.1) is 23.2 Å². The maximum absolute atomic E-state index is 6.12. The molecule has 0 radical (unpaired) electrons. The summed E-state index contributed by atoms with van der Waals surface area (Å²) in [6.07, 6.45) is 9.13. The summed E-state index contributed by atoms with van der Waals surface area (Å²) in [5.41, 5.74) is 0. The minimum atomic E-state index is 0.381. The SMILES string of the molecule is ClC1CCC(n2on2C2CCC(Cl)CC2)CC1. The van der Waals surface area contributed by atoms with Gasteiger partial charge < -0.3 is 0 Å². The molecule has 0 aliphatic heterocycles. The lowest BCUT2D eigenvalue weighted by atomic mass is 9.95. The fraction of sp³-hybridized carbons (Fsp3) is 1.00. The highest BCUT2D eigenvalue weighted by Gasteiger charge is 2.32. The molecular weight excluding hydrogens is 259 g/mol. The maximum atomic E-state index is 6.12. The first-order valence-corrected chi connectivity index (χ1v) is 7.66. The van der Waals surface area contributed by atoms with Gasteiger partial charge in [0.05, 0.1) is 12.1 Å². The third-order valence-corrected chi connectivity index (χ3v) is 5.09. The summed E-state index contributed by atoms with van der Waals surface area (Å²) < 4.78 is 5.65. The van der Waals surface area contributed by atoms with Gasteiger partial charge in [0.15, 0.2) is 0 Å². The Kier molecular flexibility index (Phi) is 3.49. The average Bonchev–Trinajstić information content (AvgIpc) is 3.11. The van der Waals surface area contributed by atoms with E-state index in [1.54, 1.807) is 0 Å². The van der Waals surface area contributed by atoms with E-state index in [4.69, 9.17) is 27.8 Å². The van der Waals surface area contributed by atoms with Crippen molar-refractivity contribution in [3.8, 4) is 0 Å². The molecule has 2 saturated carbocycles. The van der Waals surface area contributed by atoms with E-state index in [2.05, 4.69) is 9.71 Å². The zero-order chi connectivity index (χ0) is 11.8. The molecule has 3 rings (SSSR count). The molecule has 0 saturated heterocycles. The molecule has 3 nitrogen and oxygen atoms in total. The van der Waals surface area contributed by atoms with Crippen LogP contribution in [0.5, 0.6) is 0 Å². The molecular formula is C12H20Cl2N2O. The molecule has 1 aromatic heterocycles. The monoisotopic (exact) mass is 278 g/mol. The van der Waals surface area contributed by atoms with E-state index in [0.717, 1.165) is 51.4 Å². The molecule has 2 aliphatic rings. The number of halogens is 2. The van der Waals surface area contributed by atoms with Gasteiger partial charge in [0, 0.05) is 10.8 Å². The molecule has 1 aromatic rings. The second kappa shape index (κ2) is 4.93. The van der Waals surface area contributed by atoms with E-state index in [9.17, 15) is 0 Å². The van der Waals surface area contributed by atoms with Crippen LogP contribution < -0.4 is 0 Å². The van der Waals surface area contributed by atoms with E-state index in [1.165, 1.54) is 0 Å². The zero-order valence-electron chi connectivity index (χ0n) is 10.0. The van der Waals surface area contributed by atoms with Crippen molar-refractivity contribution in [2.24, 2.45) is 0 Å². The molecule has 0 bridgehead atoms.